The number of thioether (sulfide) groups is 1. The summed E-state index contributed by atoms with van der Waals surface area (Å²) in [5, 5.41) is 5.34. The van der Waals surface area contributed by atoms with Crippen LogP contribution in [0.3, 0.4) is 0 Å². The maximum atomic E-state index is 5.25. The summed E-state index contributed by atoms with van der Waals surface area (Å²) in [5.74, 6) is 1.81. The van der Waals surface area contributed by atoms with Gasteiger partial charge in [0.2, 0.25) is 5.16 Å². The van der Waals surface area contributed by atoms with Gasteiger partial charge in [0.25, 0.3) is 0 Å². The van der Waals surface area contributed by atoms with Gasteiger partial charge in [-0.05, 0) is 61.7 Å². The van der Waals surface area contributed by atoms with Crippen LogP contribution in [0.5, 0.6) is 5.75 Å². The fraction of sp³-hybridized carbons (Fsp3) is 0.333. The highest BCUT2D eigenvalue weighted by Crippen LogP contribution is 2.24. The minimum absolute atomic E-state index is 0.802. The molecule has 2 heterocycles. The number of piperazine rings is 1. The molecule has 6 nitrogen and oxygen atoms in total. The first-order valence-electron chi connectivity index (χ1n) is 9.40. The van der Waals surface area contributed by atoms with Crippen LogP contribution in [0.25, 0.3) is 5.69 Å². The third-order valence-corrected chi connectivity index (χ3v) is 5.65. The number of anilines is 2. The van der Waals surface area contributed by atoms with E-state index in [0.717, 1.165) is 48.6 Å². The van der Waals surface area contributed by atoms with E-state index >= 15 is 0 Å². The smallest absolute Gasteiger partial charge is 0.208 e. The lowest BCUT2D eigenvalue weighted by atomic mass is 10.2. The molecule has 0 atom stereocenters. The molecule has 0 N–H and O–H groups in total. The molecular formula is C21H25N5OS. The summed E-state index contributed by atoms with van der Waals surface area (Å²) < 4.78 is 7.15. The van der Waals surface area contributed by atoms with Crippen molar-refractivity contribution < 1.29 is 4.74 Å². The molecule has 1 aliphatic rings. The van der Waals surface area contributed by atoms with Gasteiger partial charge >= 0.3 is 0 Å². The minimum atomic E-state index is 0.802. The summed E-state index contributed by atoms with van der Waals surface area (Å²) in [7, 11) is 1.70. The molecule has 2 aromatic carbocycles. The van der Waals surface area contributed by atoms with Crippen LogP contribution in [0.4, 0.5) is 11.4 Å². The molecular weight excluding hydrogens is 370 g/mol. The molecule has 1 aromatic heterocycles. The number of methoxy groups -OCH3 is 1. The zero-order chi connectivity index (χ0) is 19.5. The quantitative estimate of drug-likeness (QED) is 0.615. The zero-order valence-electron chi connectivity index (χ0n) is 16.5. The van der Waals surface area contributed by atoms with Crippen molar-refractivity contribution in [2.24, 2.45) is 0 Å². The molecule has 1 aliphatic heterocycles. The topological polar surface area (TPSA) is 46.4 Å². The van der Waals surface area contributed by atoms with E-state index in [9.17, 15) is 0 Å². The number of nitrogens with zero attached hydrogens (tertiary/aromatic N) is 5. The van der Waals surface area contributed by atoms with Crippen molar-refractivity contribution in [3.8, 4) is 11.4 Å². The summed E-state index contributed by atoms with van der Waals surface area (Å²) in [6.45, 7) is 6.01. The molecule has 0 unspecified atom stereocenters. The number of hydrogen-bond donors (Lipinski definition) is 0. The van der Waals surface area contributed by atoms with Crippen LogP contribution in [0.2, 0.25) is 0 Å². The second-order valence-corrected chi connectivity index (χ2v) is 7.52. The largest absolute Gasteiger partial charge is 0.497 e. The molecule has 0 spiro atoms. The number of benzene rings is 2. The highest BCUT2D eigenvalue weighted by atomic mass is 32.2. The van der Waals surface area contributed by atoms with Crippen LogP contribution in [0.1, 0.15) is 5.82 Å². The van der Waals surface area contributed by atoms with Crippen molar-refractivity contribution in [3.63, 3.8) is 0 Å². The van der Waals surface area contributed by atoms with Gasteiger partial charge in [0.1, 0.15) is 11.6 Å². The second-order valence-electron chi connectivity index (χ2n) is 6.75. The Bertz CT molecular complexity index is 915. The average molecular weight is 396 g/mol. The summed E-state index contributed by atoms with van der Waals surface area (Å²) in [5.41, 5.74) is 3.55. The molecule has 0 aliphatic carbocycles. The summed E-state index contributed by atoms with van der Waals surface area (Å²) in [6, 6.07) is 16.9. The number of rotatable bonds is 5. The van der Waals surface area contributed by atoms with Crippen molar-refractivity contribution in [2.45, 2.75) is 12.1 Å². The van der Waals surface area contributed by atoms with Crippen molar-refractivity contribution in [1.82, 2.24) is 14.8 Å². The van der Waals surface area contributed by atoms with Gasteiger partial charge < -0.3 is 14.5 Å². The Balaban J connectivity index is 1.41. The standard InChI is InChI=1S/C21H25N5OS/c1-16-22-21(28-3)23-26(16)19-6-4-17(5-7-19)24-12-14-25(15-13-24)18-8-10-20(27-2)11-9-18/h4-11H,12-15H2,1-3H3. The van der Waals surface area contributed by atoms with Gasteiger partial charge in [-0.25, -0.2) is 9.67 Å². The van der Waals surface area contributed by atoms with E-state index in [-0.39, 0.29) is 0 Å². The predicted octanol–water partition coefficient (Wildman–Crippen LogP) is 3.63. The van der Waals surface area contributed by atoms with E-state index in [1.54, 1.807) is 18.9 Å². The maximum Gasteiger partial charge on any atom is 0.208 e. The molecule has 3 aromatic rings. The van der Waals surface area contributed by atoms with Crippen molar-refractivity contribution in [1.29, 1.82) is 0 Å². The third kappa shape index (κ3) is 3.80. The molecule has 0 saturated carbocycles. The van der Waals surface area contributed by atoms with E-state index in [2.05, 4.69) is 56.3 Å². The number of hydrogen-bond acceptors (Lipinski definition) is 6. The zero-order valence-corrected chi connectivity index (χ0v) is 17.3. The fourth-order valence-electron chi connectivity index (χ4n) is 3.52. The molecule has 7 heteroatoms. The minimum Gasteiger partial charge on any atom is -0.497 e. The molecule has 4 rings (SSSR count). The van der Waals surface area contributed by atoms with Gasteiger partial charge in [-0.3, -0.25) is 0 Å². The van der Waals surface area contributed by atoms with Crippen LogP contribution < -0.4 is 14.5 Å². The Labute approximate surface area is 170 Å². The fourth-order valence-corrected chi connectivity index (χ4v) is 3.90. The second kappa shape index (κ2) is 8.14. The molecule has 0 amide bonds. The van der Waals surface area contributed by atoms with E-state index < -0.39 is 0 Å². The molecule has 1 saturated heterocycles. The summed E-state index contributed by atoms with van der Waals surface area (Å²) in [4.78, 5) is 9.32. The highest BCUT2D eigenvalue weighted by Gasteiger charge is 2.18. The molecule has 146 valence electrons. The van der Waals surface area contributed by atoms with E-state index in [1.165, 1.54) is 11.4 Å². The van der Waals surface area contributed by atoms with Crippen molar-refractivity contribution in [3.05, 3.63) is 54.4 Å². The van der Waals surface area contributed by atoms with E-state index in [0.29, 0.717) is 0 Å². The first kappa shape index (κ1) is 18.7. The SMILES string of the molecule is COc1ccc(N2CCN(c3ccc(-n4nc(SC)nc4C)cc3)CC2)cc1. The molecule has 1 fully saturated rings. The average Bonchev–Trinajstić information content (AvgIpc) is 3.15. The third-order valence-electron chi connectivity index (χ3n) is 5.11. The highest BCUT2D eigenvalue weighted by molar-refractivity contribution is 7.98. The van der Waals surface area contributed by atoms with Crippen LogP contribution in [-0.4, -0.2) is 54.3 Å². The van der Waals surface area contributed by atoms with Crippen LogP contribution in [0, 0.1) is 6.92 Å². The van der Waals surface area contributed by atoms with E-state index in [1.807, 2.05) is 30.0 Å². The first-order chi connectivity index (χ1) is 13.7. The Morgan fingerprint density at radius 2 is 1.32 bits per heavy atom. The summed E-state index contributed by atoms with van der Waals surface area (Å²) >= 11 is 1.56. The predicted molar refractivity (Wildman–Crippen MR) is 115 cm³/mol. The van der Waals surface area contributed by atoms with Gasteiger partial charge in [-0.1, -0.05) is 11.8 Å². The van der Waals surface area contributed by atoms with Gasteiger partial charge in [-0.2, -0.15) is 0 Å². The van der Waals surface area contributed by atoms with Gasteiger partial charge in [0.05, 0.1) is 12.8 Å². The summed E-state index contributed by atoms with van der Waals surface area (Å²) in [6.07, 6.45) is 1.99. The molecule has 0 bridgehead atoms. The number of aryl methyl sites for hydroxylation is 1. The van der Waals surface area contributed by atoms with Crippen LogP contribution in [-0.2, 0) is 0 Å². The van der Waals surface area contributed by atoms with Crippen molar-refractivity contribution >= 4 is 23.1 Å². The number of aromatic nitrogens is 3. The van der Waals surface area contributed by atoms with Crippen LogP contribution in [0.15, 0.2) is 53.7 Å². The Morgan fingerprint density at radius 1 is 0.821 bits per heavy atom. The first-order valence-corrected chi connectivity index (χ1v) is 10.6. The lowest BCUT2D eigenvalue weighted by molar-refractivity contribution is 0.415. The van der Waals surface area contributed by atoms with Gasteiger partial charge in [-0.15, -0.1) is 5.10 Å². The normalized spacial score (nSPS) is 14.4. The molecule has 0 radical (unpaired) electrons. The van der Waals surface area contributed by atoms with Gasteiger partial charge in [0, 0.05) is 37.6 Å². The van der Waals surface area contributed by atoms with E-state index in [4.69, 9.17) is 4.74 Å². The molecule has 28 heavy (non-hydrogen) atoms. The maximum absolute atomic E-state index is 5.25. The van der Waals surface area contributed by atoms with Crippen LogP contribution >= 0.6 is 11.8 Å². The van der Waals surface area contributed by atoms with Crippen molar-refractivity contribution in [2.75, 3.05) is 49.3 Å². The lowest BCUT2D eigenvalue weighted by Gasteiger charge is -2.37. The Kier molecular flexibility index (Phi) is 5.43. The lowest BCUT2D eigenvalue weighted by Crippen LogP contribution is -2.46. The Hall–Kier alpha value is -2.67. The number of ether oxygens (including phenoxy) is 1. The Morgan fingerprint density at radius 3 is 1.79 bits per heavy atom. The monoisotopic (exact) mass is 395 g/mol. The van der Waals surface area contributed by atoms with Gasteiger partial charge in [0.15, 0.2) is 0 Å².